The summed E-state index contributed by atoms with van der Waals surface area (Å²) < 4.78 is 38.5. The van der Waals surface area contributed by atoms with Crippen molar-refractivity contribution < 1.29 is 17.4 Å². The highest BCUT2D eigenvalue weighted by atomic mass is 32.2. The number of nitrogens with zero attached hydrogens (tertiary/aromatic N) is 3. The second kappa shape index (κ2) is 10.7. The molecule has 5 aromatic carbocycles. The van der Waals surface area contributed by atoms with Gasteiger partial charge in [-0.2, -0.15) is 13.7 Å². The molecule has 222 valence electrons. The van der Waals surface area contributed by atoms with Crippen LogP contribution in [0, 0.1) is 11.3 Å². The number of nitriles is 1. The Morgan fingerprint density at radius 1 is 0.911 bits per heavy atom. The van der Waals surface area contributed by atoms with E-state index in [4.69, 9.17) is 9.02 Å². The SMILES string of the molecule is CC1(C)c2ccccc2N(Cc2cccc(S(=O)(=O)ON=C(C#N)c3ccccc3)c2)C12C=Cc1c(ccc3ccccc13)O2. The smallest absolute Gasteiger partial charge is 0.358 e. The fourth-order valence-corrected chi connectivity index (χ4v) is 7.21. The monoisotopic (exact) mass is 611 g/mol. The van der Waals surface area contributed by atoms with Crippen molar-refractivity contribution in [2.24, 2.45) is 5.16 Å². The van der Waals surface area contributed by atoms with Gasteiger partial charge in [0.15, 0.2) is 5.71 Å². The Morgan fingerprint density at radius 3 is 2.49 bits per heavy atom. The molecular weight excluding hydrogens is 582 g/mol. The van der Waals surface area contributed by atoms with Gasteiger partial charge in [-0.3, -0.25) is 4.28 Å². The molecule has 2 heterocycles. The first-order valence-electron chi connectivity index (χ1n) is 14.6. The first kappa shape index (κ1) is 28.4. The molecule has 0 aliphatic carbocycles. The van der Waals surface area contributed by atoms with Crippen LogP contribution in [0.25, 0.3) is 16.8 Å². The van der Waals surface area contributed by atoms with Crippen molar-refractivity contribution in [3.05, 3.63) is 144 Å². The number of hydrogen-bond donors (Lipinski definition) is 0. The van der Waals surface area contributed by atoms with E-state index in [1.165, 1.54) is 6.07 Å². The highest BCUT2D eigenvalue weighted by Crippen LogP contribution is 2.55. The Labute approximate surface area is 262 Å². The molecule has 1 atom stereocenters. The van der Waals surface area contributed by atoms with E-state index in [9.17, 15) is 13.7 Å². The van der Waals surface area contributed by atoms with E-state index in [-0.39, 0.29) is 10.6 Å². The molecular formula is C37H29N3O4S. The zero-order valence-electron chi connectivity index (χ0n) is 24.7. The van der Waals surface area contributed by atoms with Crippen LogP contribution in [0.3, 0.4) is 0 Å². The number of oxime groups is 1. The molecule has 7 rings (SSSR count). The molecule has 2 aliphatic heterocycles. The summed E-state index contributed by atoms with van der Waals surface area (Å²) in [7, 11) is -4.31. The van der Waals surface area contributed by atoms with E-state index in [0.29, 0.717) is 12.1 Å². The molecule has 1 spiro atoms. The minimum absolute atomic E-state index is 0.0631. The molecule has 5 aromatic rings. The van der Waals surface area contributed by atoms with Crippen LogP contribution in [-0.2, 0) is 26.4 Å². The number of benzene rings is 5. The number of rotatable bonds is 6. The maximum Gasteiger partial charge on any atom is 0.358 e. The third-order valence-corrected chi connectivity index (χ3v) is 9.85. The molecule has 45 heavy (non-hydrogen) atoms. The molecule has 0 fully saturated rings. The Morgan fingerprint density at radius 2 is 1.67 bits per heavy atom. The fourth-order valence-electron chi connectivity index (χ4n) is 6.41. The molecule has 0 aromatic heterocycles. The number of ether oxygens (including phenoxy) is 1. The van der Waals surface area contributed by atoms with Gasteiger partial charge in [0.25, 0.3) is 0 Å². The Kier molecular flexibility index (Phi) is 6.72. The lowest BCUT2D eigenvalue weighted by Gasteiger charge is -2.47. The molecule has 0 saturated heterocycles. The topological polar surface area (TPSA) is 92.0 Å². The van der Waals surface area contributed by atoms with Gasteiger partial charge in [-0.15, -0.1) is 0 Å². The summed E-state index contributed by atoms with van der Waals surface area (Å²) in [6.07, 6.45) is 4.28. The average molecular weight is 612 g/mol. The minimum atomic E-state index is -4.31. The van der Waals surface area contributed by atoms with Gasteiger partial charge in [0.2, 0.25) is 5.72 Å². The molecule has 8 heteroatoms. The second-order valence-corrected chi connectivity index (χ2v) is 13.2. The molecule has 0 bridgehead atoms. The van der Waals surface area contributed by atoms with E-state index in [1.54, 1.807) is 42.5 Å². The van der Waals surface area contributed by atoms with Crippen molar-refractivity contribution in [1.29, 1.82) is 5.26 Å². The predicted octanol–water partition coefficient (Wildman–Crippen LogP) is 7.57. The quantitative estimate of drug-likeness (QED) is 0.145. The van der Waals surface area contributed by atoms with E-state index < -0.39 is 21.3 Å². The number of hydrogen-bond acceptors (Lipinski definition) is 7. The fraction of sp³-hybridized carbons (Fsp3) is 0.135. The van der Waals surface area contributed by atoms with Crippen LogP contribution in [0.5, 0.6) is 5.75 Å². The van der Waals surface area contributed by atoms with E-state index >= 15 is 0 Å². The number of para-hydroxylation sites is 1. The summed E-state index contributed by atoms with van der Waals surface area (Å²) in [5, 5.41) is 15.5. The lowest BCUT2D eigenvalue weighted by Crippen LogP contribution is -2.59. The van der Waals surface area contributed by atoms with Gasteiger partial charge >= 0.3 is 10.1 Å². The molecule has 0 saturated carbocycles. The molecule has 0 amide bonds. The van der Waals surface area contributed by atoms with Gasteiger partial charge in [0, 0.05) is 23.4 Å². The zero-order chi connectivity index (χ0) is 31.2. The Bertz CT molecular complexity index is 2170. The van der Waals surface area contributed by atoms with Crippen molar-refractivity contribution in [3.63, 3.8) is 0 Å². The molecule has 2 aliphatic rings. The van der Waals surface area contributed by atoms with Gasteiger partial charge in [-0.25, -0.2) is 0 Å². The van der Waals surface area contributed by atoms with Crippen LogP contribution in [0.2, 0.25) is 0 Å². The van der Waals surface area contributed by atoms with E-state index in [2.05, 4.69) is 66.4 Å². The van der Waals surface area contributed by atoms with Gasteiger partial charge in [-0.05, 0) is 72.2 Å². The molecule has 1 unspecified atom stereocenters. The van der Waals surface area contributed by atoms with Crippen molar-refractivity contribution in [1.82, 2.24) is 0 Å². The summed E-state index contributed by atoms with van der Waals surface area (Å²) in [4.78, 5) is 2.14. The maximum absolute atomic E-state index is 13.2. The summed E-state index contributed by atoms with van der Waals surface area (Å²) in [5.74, 6) is 0.788. The maximum atomic E-state index is 13.2. The summed E-state index contributed by atoms with van der Waals surface area (Å²) in [6.45, 7) is 4.71. The van der Waals surface area contributed by atoms with Crippen LogP contribution in [0.4, 0.5) is 5.69 Å². The van der Waals surface area contributed by atoms with E-state index in [0.717, 1.165) is 38.9 Å². The zero-order valence-corrected chi connectivity index (χ0v) is 25.5. The van der Waals surface area contributed by atoms with Gasteiger partial charge in [0.05, 0.1) is 5.41 Å². The molecule has 0 N–H and O–H groups in total. The first-order chi connectivity index (χ1) is 21.7. The van der Waals surface area contributed by atoms with Crippen LogP contribution in [-0.4, -0.2) is 19.9 Å². The number of fused-ring (bicyclic) bond motifs is 4. The lowest BCUT2D eigenvalue weighted by atomic mass is 9.76. The van der Waals surface area contributed by atoms with Crippen molar-refractivity contribution in [3.8, 4) is 11.8 Å². The third-order valence-electron chi connectivity index (χ3n) is 8.74. The molecule has 7 nitrogen and oxygen atoms in total. The highest BCUT2D eigenvalue weighted by molar-refractivity contribution is 7.86. The largest absolute Gasteiger partial charge is 0.463 e. The van der Waals surface area contributed by atoms with Crippen molar-refractivity contribution >= 4 is 38.4 Å². The standard InChI is InChI=1S/C37H29N3O4S/c1-36(2)32-17-8-9-18-34(32)40(37(36)22-21-31-30-16-7-6-12-27(30)19-20-35(31)43-37)25-26-11-10-15-29(23-26)45(41,42)44-39-33(24-38)28-13-4-3-5-14-28/h3-23H,25H2,1-2H3. The lowest BCUT2D eigenvalue weighted by molar-refractivity contribution is 0.0523. The summed E-state index contributed by atoms with van der Waals surface area (Å²) in [6, 6.07) is 37.6. The predicted molar refractivity (Wildman–Crippen MR) is 175 cm³/mol. The number of anilines is 1. The average Bonchev–Trinajstić information content (AvgIpc) is 3.24. The summed E-state index contributed by atoms with van der Waals surface area (Å²) in [5.41, 5.74) is 2.87. The van der Waals surface area contributed by atoms with Crippen LogP contribution >= 0.6 is 0 Å². The normalized spacial score (nSPS) is 18.2. The second-order valence-electron chi connectivity index (χ2n) is 11.7. The van der Waals surface area contributed by atoms with Gasteiger partial charge in [-0.1, -0.05) is 96.2 Å². The van der Waals surface area contributed by atoms with Gasteiger partial charge in [0.1, 0.15) is 16.7 Å². The van der Waals surface area contributed by atoms with Crippen LogP contribution in [0.15, 0.2) is 131 Å². The van der Waals surface area contributed by atoms with E-state index in [1.807, 2.05) is 42.5 Å². The van der Waals surface area contributed by atoms with Crippen molar-refractivity contribution in [2.75, 3.05) is 4.90 Å². The Hall–Kier alpha value is -5.39. The van der Waals surface area contributed by atoms with Crippen LogP contribution in [0.1, 0.15) is 36.1 Å². The van der Waals surface area contributed by atoms with Gasteiger partial charge < -0.3 is 9.64 Å². The van der Waals surface area contributed by atoms with Crippen LogP contribution < -0.4 is 9.64 Å². The molecule has 0 radical (unpaired) electrons. The Balaban J connectivity index is 1.25. The summed E-state index contributed by atoms with van der Waals surface area (Å²) >= 11 is 0. The van der Waals surface area contributed by atoms with Crippen molar-refractivity contribution in [2.45, 2.75) is 36.4 Å². The third kappa shape index (κ3) is 4.64. The highest BCUT2D eigenvalue weighted by Gasteiger charge is 2.58. The minimum Gasteiger partial charge on any atom is -0.463 e. The first-order valence-corrected chi connectivity index (χ1v) is 16.0.